The minimum absolute atomic E-state index is 0.244. The van der Waals surface area contributed by atoms with E-state index in [1.165, 1.54) is 0 Å². The summed E-state index contributed by atoms with van der Waals surface area (Å²) in [5.74, 6) is 0.756. The van der Waals surface area contributed by atoms with Crippen LogP contribution in [0.2, 0.25) is 5.28 Å². The molecule has 1 fully saturated rings. The van der Waals surface area contributed by atoms with E-state index in [9.17, 15) is 0 Å². The molecular formula is C16H15ClN4O. The smallest absolute Gasteiger partial charge is 0.224 e. The number of nitrogens with zero attached hydrogens (tertiary/aromatic N) is 3. The molecule has 6 heteroatoms. The zero-order valence-electron chi connectivity index (χ0n) is 11.9. The summed E-state index contributed by atoms with van der Waals surface area (Å²) in [6.07, 6.45) is 4.75. The van der Waals surface area contributed by atoms with E-state index in [4.69, 9.17) is 16.3 Å². The van der Waals surface area contributed by atoms with Gasteiger partial charge >= 0.3 is 0 Å². The first-order valence-electron chi connectivity index (χ1n) is 7.24. The van der Waals surface area contributed by atoms with Gasteiger partial charge in [-0.05, 0) is 30.2 Å². The van der Waals surface area contributed by atoms with Crippen LogP contribution in [-0.4, -0.2) is 33.8 Å². The van der Waals surface area contributed by atoms with E-state index >= 15 is 0 Å². The average Bonchev–Trinajstić information content (AvgIpc) is 3.16. The number of hydrogen-bond acceptors (Lipinski definition) is 4. The molecule has 1 aliphatic rings. The van der Waals surface area contributed by atoms with Gasteiger partial charge in [0, 0.05) is 24.4 Å². The van der Waals surface area contributed by atoms with Gasteiger partial charge < -0.3 is 10.1 Å². The topological polar surface area (TPSA) is 52.0 Å². The highest BCUT2D eigenvalue weighted by atomic mass is 35.5. The zero-order valence-corrected chi connectivity index (χ0v) is 12.6. The molecule has 5 nitrogen and oxygen atoms in total. The van der Waals surface area contributed by atoms with Gasteiger partial charge in [-0.1, -0.05) is 18.2 Å². The van der Waals surface area contributed by atoms with Crippen LogP contribution in [0.5, 0.6) is 0 Å². The lowest BCUT2D eigenvalue weighted by atomic mass is 10.2. The van der Waals surface area contributed by atoms with Crippen LogP contribution in [-0.2, 0) is 4.74 Å². The molecule has 1 aromatic carbocycles. The predicted molar refractivity (Wildman–Crippen MR) is 86.7 cm³/mol. The van der Waals surface area contributed by atoms with Crippen LogP contribution < -0.4 is 5.32 Å². The largest absolute Gasteiger partial charge is 0.379 e. The minimum atomic E-state index is 0.244. The van der Waals surface area contributed by atoms with Crippen LogP contribution >= 0.6 is 11.6 Å². The minimum Gasteiger partial charge on any atom is -0.379 e. The second-order valence-corrected chi connectivity index (χ2v) is 5.66. The molecule has 2 aromatic heterocycles. The maximum absolute atomic E-state index is 5.92. The lowest BCUT2D eigenvalue weighted by molar-refractivity contribution is 0.195. The number of fused-ring (bicyclic) bond motifs is 1. The summed E-state index contributed by atoms with van der Waals surface area (Å²) < 4.78 is 7.47. The van der Waals surface area contributed by atoms with Crippen molar-refractivity contribution in [3.05, 3.63) is 48.0 Å². The number of nitrogens with one attached hydrogen (secondary N) is 1. The normalized spacial score (nSPS) is 18.0. The lowest BCUT2D eigenvalue weighted by Gasteiger charge is -2.10. The van der Waals surface area contributed by atoms with Crippen molar-refractivity contribution in [2.24, 2.45) is 0 Å². The van der Waals surface area contributed by atoms with Crippen LogP contribution in [0.3, 0.4) is 0 Å². The summed E-state index contributed by atoms with van der Waals surface area (Å²) in [4.78, 5) is 8.25. The maximum Gasteiger partial charge on any atom is 0.224 e. The second-order valence-electron chi connectivity index (χ2n) is 5.32. The standard InChI is InChI=1S/C16H15ClN4O/c17-16-18-7-5-15(20-16)21-9-13(19-11-6-8-22-10-11)12-3-1-2-4-14(12)21/h1-5,7,9,11,19H,6,8,10H2. The predicted octanol–water partition coefficient (Wildman–Crippen LogP) is 3.27. The molecule has 3 aromatic rings. The van der Waals surface area contributed by atoms with Crippen molar-refractivity contribution < 1.29 is 4.74 Å². The molecule has 0 bridgehead atoms. The van der Waals surface area contributed by atoms with Gasteiger partial charge in [0.2, 0.25) is 5.28 Å². The summed E-state index contributed by atoms with van der Waals surface area (Å²) in [5.41, 5.74) is 2.17. The first kappa shape index (κ1) is 13.5. The van der Waals surface area contributed by atoms with Crippen molar-refractivity contribution in [2.45, 2.75) is 12.5 Å². The summed E-state index contributed by atoms with van der Waals surface area (Å²) in [5, 5.41) is 4.97. The highest BCUT2D eigenvalue weighted by Gasteiger charge is 2.18. The Hall–Kier alpha value is -2.11. The Morgan fingerprint density at radius 3 is 3.00 bits per heavy atom. The van der Waals surface area contributed by atoms with Crippen LogP contribution in [0.4, 0.5) is 5.69 Å². The highest BCUT2D eigenvalue weighted by Crippen LogP contribution is 2.29. The van der Waals surface area contributed by atoms with Gasteiger partial charge in [-0.25, -0.2) is 4.98 Å². The third-order valence-electron chi connectivity index (χ3n) is 3.86. The maximum atomic E-state index is 5.92. The SMILES string of the molecule is Clc1nccc(-n2cc(NC3CCOC3)c3ccccc32)n1. The fourth-order valence-electron chi connectivity index (χ4n) is 2.81. The summed E-state index contributed by atoms with van der Waals surface area (Å²) in [7, 11) is 0. The Labute approximate surface area is 132 Å². The summed E-state index contributed by atoms with van der Waals surface area (Å²) in [6, 6.07) is 10.4. The van der Waals surface area contributed by atoms with Crippen LogP contribution in [0.25, 0.3) is 16.7 Å². The molecule has 1 saturated heterocycles. The number of anilines is 1. The van der Waals surface area contributed by atoms with Gasteiger partial charge in [0.1, 0.15) is 5.82 Å². The molecule has 112 valence electrons. The van der Waals surface area contributed by atoms with E-state index in [1.54, 1.807) is 6.20 Å². The van der Waals surface area contributed by atoms with Crippen molar-refractivity contribution in [3.63, 3.8) is 0 Å². The van der Waals surface area contributed by atoms with Gasteiger partial charge in [-0.2, -0.15) is 4.98 Å². The third-order valence-corrected chi connectivity index (χ3v) is 4.04. The number of hydrogen-bond donors (Lipinski definition) is 1. The molecule has 0 spiro atoms. The molecule has 1 aliphatic heterocycles. The van der Waals surface area contributed by atoms with Gasteiger partial charge in [0.15, 0.2) is 0 Å². The van der Waals surface area contributed by atoms with Crippen LogP contribution in [0.1, 0.15) is 6.42 Å². The van der Waals surface area contributed by atoms with Gasteiger partial charge in [0.05, 0.1) is 23.9 Å². The number of benzene rings is 1. The quantitative estimate of drug-likeness (QED) is 0.754. The number of halogens is 1. The van der Waals surface area contributed by atoms with Crippen LogP contribution in [0.15, 0.2) is 42.7 Å². The Kier molecular flexibility index (Phi) is 3.44. The van der Waals surface area contributed by atoms with Crippen molar-refractivity contribution in [3.8, 4) is 5.82 Å². The first-order chi connectivity index (χ1) is 10.8. The number of ether oxygens (including phenoxy) is 1. The molecule has 3 heterocycles. The van der Waals surface area contributed by atoms with E-state index < -0.39 is 0 Å². The summed E-state index contributed by atoms with van der Waals surface area (Å²) in [6.45, 7) is 1.57. The molecule has 4 rings (SSSR count). The molecule has 22 heavy (non-hydrogen) atoms. The van der Waals surface area contributed by atoms with E-state index in [0.29, 0.717) is 6.04 Å². The lowest BCUT2D eigenvalue weighted by Crippen LogP contribution is -2.18. The summed E-state index contributed by atoms with van der Waals surface area (Å²) >= 11 is 5.92. The Morgan fingerprint density at radius 1 is 1.27 bits per heavy atom. The Bertz CT molecular complexity index is 811. The molecular weight excluding hydrogens is 300 g/mol. The first-order valence-corrected chi connectivity index (χ1v) is 7.62. The van der Waals surface area contributed by atoms with Crippen LogP contribution in [0, 0.1) is 0 Å². The fourth-order valence-corrected chi connectivity index (χ4v) is 2.96. The zero-order chi connectivity index (χ0) is 14.9. The monoisotopic (exact) mass is 314 g/mol. The number of rotatable bonds is 3. The third kappa shape index (κ3) is 2.42. The van der Waals surface area contributed by atoms with E-state index in [0.717, 1.165) is 42.0 Å². The van der Waals surface area contributed by atoms with Gasteiger partial charge in [-0.15, -0.1) is 0 Å². The van der Waals surface area contributed by atoms with Crippen molar-refractivity contribution in [2.75, 3.05) is 18.5 Å². The van der Waals surface area contributed by atoms with Gasteiger partial charge in [0.25, 0.3) is 0 Å². The molecule has 1 unspecified atom stereocenters. The van der Waals surface area contributed by atoms with Crippen molar-refractivity contribution in [1.82, 2.24) is 14.5 Å². The average molecular weight is 315 g/mol. The van der Waals surface area contributed by atoms with Crippen molar-refractivity contribution >= 4 is 28.2 Å². The second kappa shape index (κ2) is 5.59. The number of para-hydroxylation sites is 1. The molecule has 0 aliphatic carbocycles. The van der Waals surface area contributed by atoms with Crippen molar-refractivity contribution in [1.29, 1.82) is 0 Å². The fraction of sp³-hybridized carbons (Fsp3) is 0.250. The highest BCUT2D eigenvalue weighted by molar-refractivity contribution is 6.28. The van der Waals surface area contributed by atoms with E-state index in [-0.39, 0.29) is 5.28 Å². The van der Waals surface area contributed by atoms with E-state index in [1.807, 2.05) is 22.8 Å². The Morgan fingerprint density at radius 2 is 2.18 bits per heavy atom. The molecule has 0 saturated carbocycles. The van der Waals surface area contributed by atoms with E-state index in [2.05, 4.69) is 33.6 Å². The Balaban J connectivity index is 1.81. The molecule has 1 atom stereocenters. The molecule has 1 N–H and O–H groups in total. The van der Waals surface area contributed by atoms with Gasteiger partial charge in [-0.3, -0.25) is 4.57 Å². The molecule has 0 amide bonds. The molecule has 0 radical (unpaired) electrons. The number of aromatic nitrogens is 3.